The van der Waals surface area contributed by atoms with Crippen LogP contribution < -0.4 is 5.73 Å². The highest BCUT2D eigenvalue weighted by Crippen LogP contribution is 2.48. The lowest BCUT2D eigenvalue weighted by atomic mass is 9.87. The second-order valence-electron chi connectivity index (χ2n) is 4.56. The molecule has 0 aliphatic heterocycles. The fourth-order valence-corrected chi connectivity index (χ4v) is 2.93. The summed E-state index contributed by atoms with van der Waals surface area (Å²) in [4.78, 5) is 0. The highest BCUT2D eigenvalue weighted by molar-refractivity contribution is 5.07. The number of nitrogens with two attached hydrogens (primary N) is 1. The lowest BCUT2D eigenvalue weighted by Gasteiger charge is -2.18. The second-order valence-corrected chi connectivity index (χ2v) is 4.56. The van der Waals surface area contributed by atoms with Gasteiger partial charge in [0.2, 0.25) is 0 Å². The van der Waals surface area contributed by atoms with E-state index in [1.54, 1.807) is 0 Å². The monoisotopic (exact) mass is 165 g/mol. The summed E-state index contributed by atoms with van der Waals surface area (Å²) >= 11 is 0. The predicted octanol–water partition coefficient (Wildman–Crippen LogP) is 2.33. The molecule has 2 N–H and O–H groups in total. The standard InChI is InChI=1S/C11H19N/c1-8(7-12)4-11-6-9-2-3-10(11)5-9/h4,9-11H,2-3,5-7,12H2,1H3. The van der Waals surface area contributed by atoms with E-state index in [4.69, 9.17) is 5.73 Å². The van der Waals surface area contributed by atoms with E-state index < -0.39 is 0 Å². The topological polar surface area (TPSA) is 26.0 Å². The SMILES string of the molecule is CC(=CC1CC2CCC1C2)CN. The van der Waals surface area contributed by atoms with Gasteiger partial charge in [0, 0.05) is 6.54 Å². The van der Waals surface area contributed by atoms with Crippen molar-refractivity contribution in [2.24, 2.45) is 23.5 Å². The molecule has 0 radical (unpaired) electrons. The summed E-state index contributed by atoms with van der Waals surface area (Å²) < 4.78 is 0. The summed E-state index contributed by atoms with van der Waals surface area (Å²) in [6.07, 6.45) is 8.35. The molecule has 2 aliphatic rings. The van der Waals surface area contributed by atoms with E-state index in [-0.39, 0.29) is 0 Å². The summed E-state index contributed by atoms with van der Waals surface area (Å²) in [7, 11) is 0. The van der Waals surface area contributed by atoms with Gasteiger partial charge in [-0.25, -0.2) is 0 Å². The predicted molar refractivity (Wildman–Crippen MR) is 51.7 cm³/mol. The Morgan fingerprint density at radius 2 is 2.25 bits per heavy atom. The van der Waals surface area contributed by atoms with E-state index >= 15 is 0 Å². The van der Waals surface area contributed by atoms with Gasteiger partial charge in [0.25, 0.3) is 0 Å². The van der Waals surface area contributed by atoms with Crippen LogP contribution in [0.3, 0.4) is 0 Å². The van der Waals surface area contributed by atoms with Crippen molar-refractivity contribution in [2.75, 3.05) is 6.54 Å². The maximum Gasteiger partial charge on any atom is 0.0134 e. The van der Waals surface area contributed by atoms with Crippen molar-refractivity contribution >= 4 is 0 Å². The molecule has 0 aromatic rings. The van der Waals surface area contributed by atoms with Crippen LogP contribution in [-0.2, 0) is 0 Å². The molecule has 12 heavy (non-hydrogen) atoms. The van der Waals surface area contributed by atoms with Gasteiger partial charge in [-0.1, -0.05) is 18.1 Å². The van der Waals surface area contributed by atoms with Gasteiger partial charge in [-0.15, -0.1) is 0 Å². The van der Waals surface area contributed by atoms with Crippen molar-refractivity contribution < 1.29 is 0 Å². The maximum absolute atomic E-state index is 5.58. The van der Waals surface area contributed by atoms with Crippen molar-refractivity contribution in [3.63, 3.8) is 0 Å². The van der Waals surface area contributed by atoms with Gasteiger partial charge in [0.1, 0.15) is 0 Å². The van der Waals surface area contributed by atoms with Crippen LogP contribution in [0.1, 0.15) is 32.6 Å². The van der Waals surface area contributed by atoms with Gasteiger partial charge in [-0.3, -0.25) is 0 Å². The molecule has 0 spiro atoms. The minimum absolute atomic E-state index is 0.744. The van der Waals surface area contributed by atoms with Gasteiger partial charge >= 0.3 is 0 Å². The Labute approximate surface area is 75.0 Å². The van der Waals surface area contributed by atoms with Crippen LogP contribution in [0, 0.1) is 17.8 Å². The molecule has 1 nitrogen and oxygen atoms in total. The van der Waals surface area contributed by atoms with E-state index in [1.807, 2.05) is 0 Å². The first-order valence-electron chi connectivity index (χ1n) is 5.17. The Morgan fingerprint density at radius 1 is 1.42 bits per heavy atom. The average Bonchev–Trinajstić information content (AvgIpc) is 2.64. The zero-order chi connectivity index (χ0) is 8.55. The quantitative estimate of drug-likeness (QED) is 0.624. The second kappa shape index (κ2) is 3.21. The summed E-state index contributed by atoms with van der Waals surface area (Å²) in [5.41, 5.74) is 6.96. The zero-order valence-electron chi connectivity index (χ0n) is 7.92. The third kappa shape index (κ3) is 1.42. The van der Waals surface area contributed by atoms with Crippen LogP contribution in [0.5, 0.6) is 0 Å². The van der Waals surface area contributed by atoms with Crippen LogP contribution in [-0.4, -0.2) is 6.54 Å². The smallest absolute Gasteiger partial charge is 0.0134 e. The van der Waals surface area contributed by atoms with Crippen molar-refractivity contribution in [3.8, 4) is 0 Å². The van der Waals surface area contributed by atoms with Crippen LogP contribution in [0.4, 0.5) is 0 Å². The third-order valence-corrected chi connectivity index (χ3v) is 3.61. The first kappa shape index (κ1) is 8.31. The number of allylic oxidation sites excluding steroid dienone is 1. The largest absolute Gasteiger partial charge is 0.327 e. The Kier molecular flexibility index (Phi) is 2.22. The summed E-state index contributed by atoms with van der Waals surface area (Å²) in [6.45, 7) is 2.90. The van der Waals surface area contributed by atoms with Gasteiger partial charge in [-0.2, -0.15) is 0 Å². The first-order valence-corrected chi connectivity index (χ1v) is 5.17. The third-order valence-electron chi connectivity index (χ3n) is 3.61. The van der Waals surface area contributed by atoms with E-state index in [0.29, 0.717) is 0 Å². The van der Waals surface area contributed by atoms with E-state index in [2.05, 4.69) is 13.0 Å². The minimum atomic E-state index is 0.744. The number of hydrogen-bond donors (Lipinski definition) is 1. The van der Waals surface area contributed by atoms with E-state index in [9.17, 15) is 0 Å². The van der Waals surface area contributed by atoms with Gasteiger partial charge in [0.15, 0.2) is 0 Å². The van der Waals surface area contributed by atoms with Crippen molar-refractivity contribution in [3.05, 3.63) is 11.6 Å². The maximum atomic E-state index is 5.58. The lowest BCUT2D eigenvalue weighted by Crippen LogP contribution is -2.10. The molecule has 0 saturated heterocycles. The normalized spacial score (nSPS) is 40.8. The Morgan fingerprint density at radius 3 is 2.75 bits per heavy atom. The Balaban J connectivity index is 1.98. The molecular weight excluding hydrogens is 146 g/mol. The molecule has 2 rings (SSSR count). The van der Waals surface area contributed by atoms with Crippen LogP contribution in [0.25, 0.3) is 0 Å². The molecule has 0 amide bonds. The lowest BCUT2D eigenvalue weighted by molar-refractivity contribution is 0.393. The fourth-order valence-electron chi connectivity index (χ4n) is 2.93. The Hall–Kier alpha value is -0.300. The van der Waals surface area contributed by atoms with Gasteiger partial charge < -0.3 is 5.73 Å². The molecule has 0 aromatic heterocycles. The summed E-state index contributed by atoms with van der Waals surface area (Å²) in [5.74, 6) is 2.95. The number of hydrogen-bond acceptors (Lipinski definition) is 1. The van der Waals surface area contributed by atoms with Crippen LogP contribution in [0.2, 0.25) is 0 Å². The molecule has 68 valence electrons. The summed E-state index contributed by atoms with van der Waals surface area (Å²) in [6, 6.07) is 0. The molecule has 0 heterocycles. The molecule has 1 heteroatoms. The molecule has 2 aliphatic carbocycles. The van der Waals surface area contributed by atoms with E-state index in [0.717, 1.165) is 24.3 Å². The zero-order valence-corrected chi connectivity index (χ0v) is 7.92. The molecule has 3 atom stereocenters. The Bertz CT molecular complexity index is 195. The van der Waals surface area contributed by atoms with Gasteiger partial charge in [0.05, 0.1) is 0 Å². The van der Waals surface area contributed by atoms with Crippen molar-refractivity contribution in [1.29, 1.82) is 0 Å². The van der Waals surface area contributed by atoms with Crippen molar-refractivity contribution in [2.45, 2.75) is 32.6 Å². The van der Waals surface area contributed by atoms with Crippen LogP contribution in [0.15, 0.2) is 11.6 Å². The van der Waals surface area contributed by atoms with Gasteiger partial charge in [-0.05, 0) is 43.9 Å². The average molecular weight is 165 g/mol. The molecular formula is C11H19N. The highest BCUT2D eigenvalue weighted by atomic mass is 14.5. The summed E-state index contributed by atoms with van der Waals surface area (Å²) in [5, 5.41) is 0. The molecule has 2 fully saturated rings. The molecule has 3 unspecified atom stereocenters. The fraction of sp³-hybridized carbons (Fsp3) is 0.818. The molecule has 2 bridgehead atoms. The molecule has 0 aromatic carbocycles. The minimum Gasteiger partial charge on any atom is -0.327 e. The highest BCUT2D eigenvalue weighted by Gasteiger charge is 2.37. The first-order chi connectivity index (χ1) is 5.79. The van der Waals surface area contributed by atoms with Crippen LogP contribution >= 0.6 is 0 Å². The molecule has 2 saturated carbocycles. The number of rotatable bonds is 2. The van der Waals surface area contributed by atoms with Crippen molar-refractivity contribution in [1.82, 2.24) is 0 Å². The van der Waals surface area contributed by atoms with E-state index in [1.165, 1.54) is 31.3 Å². The number of fused-ring (bicyclic) bond motifs is 2.